The molecule has 0 bridgehead atoms. The van der Waals surface area contributed by atoms with Gasteiger partial charge in [0.2, 0.25) is 5.91 Å². The highest BCUT2D eigenvalue weighted by Crippen LogP contribution is 2.25. The first-order valence-corrected chi connectivity index (χ1v) is 9.86. The molecule has 0 aliphatic carbocycles. The molecule has 5 heteroatoms. The molecule has 2 aliphatic rings. The molecule has 1 amide bonds. The molecule has 144 valence electrons. The lowest BCUT2D eigenvalue weighted by Gasteiger charge is -2.38. The van der Waals surface area contributed by atoms with Crippen molar-refractivity contribution in [3.63, 3.8) is 0 Å². The van der Waals surface area contributed by atoms with Gasteiger partial charge in [0.05, 0.1) is 13.2 Å². The van der Waals surface area contributed by atoms with Crippen LogP contribution in [0.2, 0.25) is 0 Å². The molecule has 0 spiro atoms. The van der Waals surface area contributed by atoms with Crippen LogP contribution in [0.5, 0.6) is 0 Å². The highest BCUT2D eigenvalue weighted by atomic mass is 16.5. The van der Waals surface area contributed by atoms with E-state index in [1.165, 1.54) is 5.56 Å². The van der Waals surface area contributed by atoms with Gasteiger partial charge in [0.25, 0.3) is 0 Å². The number of amides is 1. The lowest BCUT2D eigenvalue weighted by Crippen LogP contribution is -2.47. The molecule has 0 aromatic heterocycles. The molecule has 0 saturated carbocycles. The van der Waals surface area contributed by atoms with Crippen LogP contribution in [0.25, 0.3) is 0 Å². The fourth-order valence-electron chi connectivity index (χ4n) is 4.07. The van der Waals surface area contributed by atoms with Crippen molar-refractivity contribution in [2.45, 2.75) is 25.8 Å². The van der Waals surface area contributed by atoms with Crippen LogP contribution in [0.3, 0.4) is 0 Å². The molecule has 26 heavy (non-hydrogen) atoms. The second kappa shape index (κ2) is 8.98. The minimum absolute atomic E-state index is 0.189. The zero-order valence-electron chi connectivity index (χ0n) is 16.5. The predicted molar refractivity (Wildman–Crippen MR) is 104 cm³/mol. The van der Waals surface area contributed by atoms with Crippen molar-refractivity contribution in [3.8, 4) is 0 Å². The summed E-state index contributed by atoms with van der Waals surface area (Å²) in [5.41, 5.74) is 2.31. The summed E-state index contributed by atoms with van der Waals surface area (Å²) in [4.78, 5) is 19.8. The number of rotatable bonds is 5. The maximum Gasteiger partial charge on any atom is 0.244 e. The van der Waals surface area contributed by atoms with Crippen LogP contribution in [0, 0.1) is 12.8 Å². The molecule has 2 fully saturated rings. The number of morpholine rings is 1. The van der Waals surface area contributed by atoms with Crippen molar-refractivity contribution < 1.29 is 9.53 Å². The largest absolute Gasteiger partial charge is 0.379 e. The molecular formula is C21H33N3O2. The Balaban J connectivity index is 1.56. The van der Waals surface area contributed by atoms with Gasteiger partial charge in [-0.3, -0.25) is 14.6 Å². The van der Waals surface area contributed by atoms with E-state index < -0.39 is 0 Å². The molecule has 5 nitrogen and oxygen atoms in total. The number of carbonyl (C=O) groups excluding carboxylic acids is 1. The van der Waals surface area contributed by atoms with Crippen LogP contribution in [-0.4, -0.2) is 80.6 Å². The molecule has 0 N–H and O–H groups in total. The van der Waals surface area contributed by atoms with Gasteiger partial charge >= 0.3 is 0 Å². The second-order valence-corrected chi connectivity index (χ2v) is 7.96. The molecule has 1 aromatic carbocycles. The first kappa shape index (κ1) is 19.3. The maximum atomic E-state index is 13.2. The quantitative estimate of drug-likeness (QED) is 0.807. The van der Waals surface area contributed by atoms with Crippen molar-refractivity contribution in [1.82, 2.24) is 14.7 Å². The molecule has 1 atom stereocenters. The number of aryl methyl sites for hydroxylation is 1. The summed E-state index contributed by atoms with van der Waals surface area (Å²) >= 11 is 0. The van der Waals surface area contributed by atoms with E-state index in [4.69, 9.17) is 4.74 Å². The average molecular weight is 360 g/mol. The number of benzene rings is 1. The van der Waals surface area contributed by atoms with Gasteiger partial charge in [-0.15, -0.1) is 0 Å². The lowest BCUT2D eigenvalue weighted by atomic mass is 9.94. The van der Waals surface area contributed by atoms with Gasteiger partial charge in [-0.2, -0.15) is 0 Å². The van der Waals surface area contributed by atoms with Crippen LogP contribution in [0.15, 0.2) is 24.3 Å². The minimum Gasteiger partial charge on any atom is -0.379 e. The molecule has 2 heterocycles. The van der Waals surface area contributed by atoms with Crippen LogP contribution < -0.4 is 0 Å². The molecule has 3 rings (SSSR count). The van der Waals surface area contributed by atoms with E-state index in [0.717, 1.165) is 64.3 Å². The zero-order valence-corrected chi connectivity index (χ0v) is 16.5. The highest BCUT2D eigenvalue weighted by Gasteiger charge is 2.31. The third kappa shape index (κ3) is 4.84. The lowest BCUT2D eigenvalue weighted by molar-refractivity contribution is -0.137. The van der Waals surface area contributed by atoms with Gasteiger partial charge in [-0.25, -0.2) is 0 Å². The Labute approximate surface area is 157 Å². The zero-order chi connectivity index (χ0) is 18.5. The summed E-state index contributed by atoms with van der Waals surface area (Å²) in [5, 5.41) is 0. The van der Waals surface area contributed by atoms with E-state index in [1.807, 2.05) is 19.0 Å². The summed E-state index contributed by atoms with van der Waals surface area (Å²) in [6.45, 7) is 8.81. The normalized spacial score (nSPS) is 21.2. The Hall–Kier alpha value is -1.43. The molecule has 0 unspecified atom stereocenters. The number of hydrogen-bond acceptors (Lipinski definition) is 4. The number of ether oxygens (including phenoxy) is 1. The molecular weight excluding hydrogens is 326 g/mol. The summed E-state index contributed by atoms with van der Waals surface area (Å²) in [6.07, 6.45) is 2.22. The van der Waals surface area contributed by atoms with Crippen molar-refractivity contribution in [2.75, 3.05) is 60.0 Å². The maximum absolute atomic E-state index is 13.2. The smallest absolute Gasteiger partial charge is 0.244 e. The summed E-state index contributed by atoms with van der Waals surface area (Å²) in [7, 11) is 3.99. The van der Waals surface area contributed by atoms with Gasteiger partial charge in [-0.1, -0.05) is 29.8 Å². The van der Waals surface area contributed by atoms with Gasteiger partial charge in [0.15, 0.2) is 0 Å². The van der Waals surface area contributed by atoms with Gasteiger partial charge < -0.3 is 9.64 Å². The number of carbonyl (C=O) groups is 1. The number of hydrogen-bond donors (Lipinski definition) is 0. The predicted octanol–water partition coefficient (Wildman–Crippen LogP) is 2.17. The van der Waals surface area contributed by atoms with Crippen LogP contribution in [0.4, 0.5) is 0 Å². The van der Waals surface area contributed by atoms with Crippen molar-refractivity contribution in [1.29, 1.82) is 0 Å². The minimum atomic E-state index is -0.189. The molecule has 1 aromatic rings. The Morgan fingerprint density at radius 3 is 2.31 bits per heavy atom. The number of piperidine rings is 1. The van der Waals surface area contributed by atoms with E-state index in [2.05, 4.69) is 41.0 Å². The van der Waals surface area contributed by atoms with E-state index in [9.17, 15) is 4.79 Å². The van der Waals surface area contributed by atoms with E-state index >= 15 is 0 Å². The monoisotopic (exact) mass is 359 g/mol. The Bertz CT molecular complexity index is 573. The molecule has 0 radical (unpaired) electrons. The fourth-order valence-corrected chi connectivity index (χ4v) is 4.07. The van der Waals surface area contributed by atoms with Crippen LogP contribution >= 0.6 is 0 Å². The standard InChI is InChI=1S/C21H33N3O2/c1-17-4-6-19(7-5-17)20(22(2)3)21(25)24-10-8-18(9-11-24)16-23-12-14-26-15-13-23/h4-7,18,20H,8-16H2,1-3H3/t20-/m1/s1. The van der Waals surface area contributed by atoms with Crippen molar-refractivity contribution in [3.05, 3.63) is 35.4 Å². The topological polar surface area (TPSA) is 36.0 Å². The van der Waals surface area contributed by atoms with E-state index in [-0.39, 0.29) is 11.9 Å². The number of likely N-dealkylation sites (tertiary alicyclic amines) is 1. The fraction of sp³-hybridized carbons (Fsp3) is 0.667. The summed E-state index contributed by atoms with van der Waals surface area (Å²) in [6, 6.07) is 8.17. The van der Waals surface area contributed by atoms with E-state index in [0.29, 0.717) is 5.92 Å². The number of nitrogens with zero attached hydrogens (tertiary/aromatic N) is 3. The van der Waals surface area contributed by atoms with Gasteiger partial charge in [0, 0.05) is 32.7 Å². The average Bonchev–Trinajstić information content (AvgIpc) is 2.64. The Kier molecular flexibility index (Phi) is 6.68. The third-order valence-electron chi connectivity index (χ3n) is 5.69. The second-order valence-electron chi connectivity index (χ2n) is 7.96. The Morgan fingerprint density at radius 2 is 1.73 bits per heavy atom. The first-order valence-electron chi connectivity index (χ1n) is 9.86. The van der Waals surface area contributed by atoms with Crippen LogP contribution in [-0.2, 0) is 9.53 Å². The summed E-state index contributed by atoms with van der Waals surface area (Å²) < 4.78 is 5.44. The van der Waals surface area contributed by atoms with Crippen molar-refractivity contribution >= 4 is 5.91 Å². The summed E-state index contributed by atoms with van der Waals surface area (Å²) in [5.74, 6) is 0.943. The van der Waals surface area contributed by atoms with E-state index in [1.54, 1.807) is 0 Å². The van der Waals surface area contributed by atoms with Gasteiger partial charge in [-0.05, 0) is 45.3 Å². The van der Waals surface area contributed by atoms with Crippen LogP contribution in [0.1, 0.15) is 30.0 Å². The molecule has 2 saturated heterocycles. The first-order chi connectivity index (χ1) is 12.5. The Morgan fingerprint density at radius 1 is 1.12 bits per heavy atom. The number of likely N-dealkylation sites (N-methyl/N-ethyl adjacent to an activating group) is 1. The molecule has 2 aliphatic heterocycles. The SMILES string of the molecule is Cc1ccc([C@H](C(=O)N2CCC(CN3CCOCC3)CC2)N(C)C)cc1. The van der Waals surface area contributed by atoms with Gasteiger partial charge in [0.1, 0.15) is 6.04 Å². The van der Waals surface area contributed by atoms with Crippen molar-refractivity contribution in [2.24, 2.45) is 5.92 Å². The third-order valence-corrected chi connectivity index (χ3v) is 5.69. The highest BCUT2D eigenvalue weighted by molar-refractivity contribution is 5.83.